The molecule has 108 valence electrons. The van der Waals surface area contributed by atoms with Gasteiger partial charge in [0.1, 0.15) is 5.82 Å². The predicted octanol–water partition coefficient (Wildman–Crippen LogP) is 4.20. The van der Waals surface area contributed by atoms with Crippen LogP contribution in [-0.2, 0) is 13.0 Å². The number of nitrogens with one attached hydrogen (secondary N) is 2. The van der Waals surface area contributed by atoms with Gasteiger partial charge in [-0.25, -0.2) is 4.98 Å². The lowest BCUT2D eigenvalue weighted by atomic mass is 10.1. The van der Waals surface area contributed by atoms with E-state index in [1.807, 2.05) is 42.5 Å². The van der Waals surface area contributed by atoms with E-state index in [-0.39, 0.29) is 0 Å². The normalized spacial score (nSPS) is 11.1. The minimum Gasteiger partial charge on any atom is -0.341 e. The van der Waals surface area contributed by atoms with Crippen LogP contribution in [0, 0.1) is 0 Å². The first-order valence-corrected chi connectivity index (χ1v) is 7.56. The van der Waals surface area contributed by atoms with Gasteiger partial charge < -0.3 is 10.3 Å². The van der Waals surface area contributed by atoms with Crippen LogP contribution in [0.15, 0.2) is 42.5 Å². The molecule has 0 atom stereocenters. The highest BCUT2D eigenvalue weighted by Gasteiger charge is 2.03. The fraction of sp³-hybridized carbons (Fsp3) is 0.188. The fourth-order valence-electron chi connectivity index (χ4n) is 2.25. The molecule has 3 rings (SSSR count). The Balaban J connectivity index is 1.56. The zero-order chi connectivity index (χ0) is 14.7. The zero-order valence-corrected chi connectivity index (χ0v) is 12.9. The van der Waals surface area contributed by atoms with Crippen LogP contribution >= 0.6 is 23.2 Å². The maximum Gasteiger partial charge on any atom is 0.121 e. The smallest absolute Gasteiger partial charge is 0.121 e. The van der Waals surface area contributed by atoms with Crippen molar-refractivity contribution >= 4 is 34.2 Å². The number of hydrogen-bond acceptors (Lipinski definition) is 2. The van der Waals surface area contributed by atoms with Gasteiger partial charge in [-0.15, -0.1) is 0 Å². The molecule has 0 radical (unpaired) electrons. The molecule has 3 aromatic rings. The minimum absolute atomic E-state index is 0.691. The largest absolute Gasteiger partial charge is 0.341 e. The summed E-state index contributed by atoms with van der Waals surface area (Å²) < 4.78 is 0. The van der Waals surface area contributed by atoms with E-state index in [0.29, 0.717) is 11.6 Å². The lowest BCUT2D eigenvalue weighted by molar-refractivity contribution is 0.666. The lowest BCUT2D eigenvalue weighted by Crippen LogP contribution is -2.17. The molecule has 0 spiro atoms. The summed E-state index contributed by atoms with van der Waals surface area (Å²) in [4.78, 5) is 7.78. The van der Waals surface area contributed by atoms with E-state index >= 15 is 0 Å². The fourth-order valence-corrected chi connectivity index (χ4v) is 2.65. The summed E-state index contributed by atoms with van der Waals surface area (Å²) in [6, 6.07) is 13.6. The molecule has 2 aromatic carbocycles. The highest BCUT2D eigenvalue weighted by atomic mass is 35.5. The molecule has 0 unspecified atom stereocenters. The van der Waals surface area contributed by atoms with Crippen molar-refractivity contribution in [3.8, 4) is 0 Å². The average molecular weight is 320 g/mol. The summed E-state index contributed by atoms with van der Waals surface area (Å²) in [5.74, 6) is 0.909. The van der Waals surface area contributed by atoms with Crippen molar-refractivity contribution < 1.29 is 0 Å². The highest BCUT2D eigenvalue weighted by molar-refractivity contribution is 6.31. The van der Waals surface area contributed by atoms with Crippen molar-refractivity contribution in [3.05, 3.63) is 63.9 Å². The van der Waals surface area contributed by atoms with Crippen LogP contribution in [-0.4, -0.2) is 16.5 Å². The van der Waals surface area contributed by atoms with Crippen LogP contribution in [0.2, 0.25) is 10.0 Å². The molecule has 1 heterocycles. The van der Waals surface area contributed by atoms with Gasteiger partial charge in [-0.05, 0) is 42.8 Å². The molecule has 0 saturated carbocycles. The molecule has 0 bridgehead atoms. The van der Waals surface area contributed by atoms with Crippen molar-refractivity contribution in [2.45, 2.75) is 13.0 Å². The van der Waals surface area contributed by atoms with Crippen LogP contribution in [0.3, 0.4) is 0 Å². The number of fused-ring (bicyclic) bond motifs is 1. The molecule has 3 nitrogen and oxygen atoms in total. The van der Waals surface area contributed by atoms with Gasteiger partial charge in [0.15, 0.2) is 0 Å². The first kappa shape index (κ1) is 14.4. The molecule has 21 heavy (non-hydrogen) atoms. The summed E-state index contributed by atoms with van der Waals surface area (Å²) in [6.45, 7) is 1.54. The molecule has 5 heteroatoms. The van der Waals surface area contributed by atoms with Crippen molar-refractivity contribution in [1.82, 2.24) is 15.3 Å². The number of nitrogens with zero attached hydrogens (tertiary/aromatic N) is 1. The lowest BCUT2D eigenvalue weighted by Gasteiger charge is -2.04. The summed E-state index contributed by atoms with van der Waals surface area (Å²) in [6.07, 6.45) is 0.895. The van der Waals surface area contributed by atoms with E-state index < -0.39 is 0 Å². The van der Waals surface area contributed by atoms with E-state index in [2.05, 4.69) is 15.3 Å². The quantitative estimate of drug-likeness (QED) is 0.692. The molecular formula is C16H15Cl2N3. The monoisotopic (exact) mass is 319 g/mol. The second-order valence-corrected chi connectivity index (χ2v) is 5.71. The molecule has 2 N–H and O–H groups in total. The SMILES string of the molecule is Clc1ccc2nc(CNCCc3ccccc3Cl)[nH]c2c1. The molecule has 0 fully saturated rings. The van der Waals surface area contributed by atoms with Crippen molar-refractivity contribution in [1.29, 1.82) is 0 Å². The Morgan fingerprint density at radius 1 is 1.10 bits per heavy atom. The molecule has 0 saturated heterocycles. The standard InChI is InChI=1S/C16H15Cl2N3/c17-12-5-6-14-15(9-12)21-16(20-14)10-19-8-7-11-3-1-2-4-13(11)18/h1-6,9,19H,7-8,10H2,(H,20,21). The van der Waals surface area contributed by atoms with Gasteiger partial charge in [-0.3, -0.25) is 0 Å². The summed E-state index contributed by atoms with van der Waals surface area (Å²) in [5.41, 5.74) is 3.05. The molecular weight excluding hydrogens is 305 g/mol. The van der Waals surface area contributed by atoms with E-state index in [9.17, 15) is 0 Å². The van der Waals surface area contributed by atoms with Gasteiger partial charge in [0, 0.05) is 10.0 Å². The van der Waals surface area contributed by atoms with Gasteiger partial charge in [-0.1, -0.05) is 41.4 Å². The first-order valence-electron chi connectivity index (χ1n) is 6.80. The summed E-state index contributed by atoms with van der Waals surface area (Å²) >= 11 is 12.1. The van der Waals surface area contributed by atoms with E-state index in [1.54, 1.807) is 0 Å². The van der Waals surface area contributed by atoms with Crippen LogP contribution in [0.5, 0.6) is 0 Å². The Morgan fingerprint density at radius 2 is 1.95 bits per heavy atom. The van der Waals surface area contributed by atoms with Gasteiger partial charge in [0.05, 0.1) is 17.6 Å². The number of imidazole rings is 1. The Hall–Kier alpha value is -1.55. The van der Waals surface area contributed by atoms with Crippen LogP contribution < -0.4 is 5.32 Å². The molecule has 1 aromatic heterocycles. The average Bonchev–Trinajstić information content (AvgIpc) is 2.87. The molecule has 0 amide bonds. The third-order valence-corrected chi connectivity index (χ3v) is 3.92. The van der Waals surface area contributed by atoms with Crippen LogP contribution in [0.25, 0.3) is 11.0 Å². The number of halogens is 2. The first-order chi connectivity index (χ1) is 10.2. The third kappa shape index (κ3) is 3.56. The maximum absolute atomic E-state index is 6.13. The Morgan fingerprint density at radius 3 is 2.81 bits per heavy atom. The van der Waals surface area contributed by atoms with Gasteiger partial charge in [0.2, 0.25) is 0 Å². The number of hydrogen-bond donors (Lipinski definition) is 2. The zero-order valence-electron chi connectivity index (χ0n) is 11.4. The van der Waals surface area contributed by atoms with Crippen molar-refractivity contribution in [2.24, 2.45) is 0 Å². The summed E-state index contributed by atoms with van der Waals surface area (Å²) in [7, 11) is 0. The van der Waals surface area contributed by atoms with E-state index in [1.165, 1.54) is 0 Å². The Kier molecular flexibility index (Phi) is 4.44. The second kappa shape index (κ2) is 6.48. The van der Waals surface area contributed by atoms with Crippen LogP contribution in [0.4, 0.5) is 0 Å². The van der Waals surface area contributed by atoms with Crippen molar-refractivity contribution in [2.75, 3.05) is 6.54 Å². The van der Waals surface area contributed by atoms with Crippen molar-refractivity contribution in [3.63, 3.8) is 0 Å². The number of H-pyrrole nitrogens is 1. The second-order valence-electron chi connectivity index (χ2n) is 4.86. The third-order valence-electron chi connectivity index (χ3n) is 3.31. The minimum atomic E-state index is 0.691. The van der Waals surface area contributed by atoms with Gasteiger partial charge >= 0.3 is 0 Å². The summed E-state index contributed by atoms with van der Waals surface area (Å²) in [5, 5.41) is 4.90. The maximum atomic E-state index is 6.13. The molecule has 0 aliphatic rings. The number of benzene rings is 2. The van der Waals surface area contributed by atoms with Gasteiger partial charge in [0.25, 0.3) is 0 Å². The number of aromatic nitrogens is 2. The van der Waals surface area contributed by atoms with Gasteiger partial charge in [-0.2, -0.15) is 0 Å². The topological polar surface area (TPSA) is 40.7 Å². The number of rotatable bonds is 5. The number of aromatic amines is 1. The Bertz CT molecular complexity index is 752. The Labute approximate surface area is 133 Å². The van der Waals surface area contributed by atoms with Crippen LogP contribution in [0.1, 0.15) is 11.4 Å². The molecule has 0 aliphatic heterocycles. The van der Waals surface area contributed by atoms with E-state index in [0.717, 1.165) is 40.4 Å². The van der Waals surface area contributed by atoms with E-state index in [4.69, 9.17) is 23.2 Å². The predicted molar refractivity (Wildman–Crippen MR) is 88.0 cm³/mol. The highest BCUT2D eigenvalue weighted by Crippen LogP contribution is 2.17. The molecule has 0 aliphatic carbocycles.